The molecule has 0 heterocycles. The molecule has 0 saturated heterocycles. The summed E-state index contributed by atoms with van der Waals surface area (Å²) in [6.07, 6.45) is 20.8. The molecule has 0 aromatic heterocycles. The van der Waals surface area contributed by atoms with Gasteiger partial charge in [0.1, 0.15) is 5.78 Å². The third-order valence-electron chi connectivity index (χ3n) is 4.63. The first kappa shape index (κ1) is 23.9. The Balaban J connectivity index is 3.51. The highest BCUT2D eigenvalue weighted by atomic mass is 16.5. The van der Waals surface area contributed by atoms with Crippen LogP contribution in [0.3, 0.4) is 0 Å². The first-order valence-electron chi connectivity index (χ1n) is 10.3. The van der Waals surface area contributed by atoms with Crippen molar-refractivity contribution in [1.29, 1.82) is 0 Å². The Morgan fingerprint density at radius 3 is 1.88 bits per heavy atom. The molecule has 0 radical (unpaired) electrons. The van der Waals surface area contributed by atoms with E-state index in [9.17, 15) is 9.59 Å². The van der Waals surface area contributed by atoms with E-state index in [1.165, 1.54) is 71.8 Å². The first-order valence-corrected chi connectivity index (χ1v) is 10.3. The number of Topliss-reactive ketones (excluding diaryl/α,β-unsaturated/α-hetero) is 1. The van der Waals surface area contributed by atoms with Gasteiger partial charge >= 0.3 is 5.97 Å². The minimum Gasteiger partial charge on any atom is -0.469 e. The van der Waals surface area contributed by atoms with Gasteiger partial charge in [-0.1, -0.05) is 70.4 Å². The third-order valence-corrected chi connectivity index (χ3v) is 4.63. The molecule has 146 valence electrons. The van der Waals surface area contributed by atoms with Crippen LogP contribution < -0.4 is 0 Å². The Morgan fingerprint density at radius 2 is 1.36 bits per heavy atom. The molecule has 1 unspecified atom stereocenters. The molecule has 0 spiro atoms. The zero-order valence-electron chi connectivity index (χ0n) is 16.9. The van der Waals surface area contributed by atoms with E-state index in [2.05, 4.69) is 19.1 Å². The molecule has 0 saturated carbocycles. The number of methoxy groups -OCH3 is 1. The highest BCUT2D eigenvalue weighted by molar-refractivity contribution is 5.82. The SMILES string of the molecule is CCCCCCCCC=CCCCCCCC(CC(C)=O)C(=O)OC. The van der Waals surface area contributed by atoms with Crippen LogP contribution in [0.1, 0.15) is 104 Å². The molecule has 3 nitrogen and oxygen atoms in total. The topological polar surface area (TPSA) is 43.4 Å². The number of hydrogen-bond donors (Lipinski definition) is 0. The summed E-state index contributed by atoms with van der Waals surface area (Å²) in [6.45, 7) is 3.79. The van der Waals surface area contributed by atoms with Gasteiger partial charge in [0.25, 0.3) is 0 Å². The van der Waals surface area contributed by atoms with Crippen LogP contribution in [0.25, 0.3) is 0 Å². The van der Waals surface area contributed by atoms with Crippen molar-refractivity contribution in [3.8, 4) is 0 Å². The van der Waals surface area contributed by atoms with Crippen LogP contribution >= 0.6 is 0 Å². The number of ketones is 1. The van der Waals surface area contributed by atoms with Crippen LogP contribution in [0.5, 0.6) is 0 Å². The average molecular weight is 353 g/mol. The van der Waals surface area contributed by atoms with Gasteiger partial charge in [0, 0.05) is 6.42 Å². The van der Waals surface area contributed by atoms with Gasteiger partial charge in [-0.05, 0) is 39.0 Å². The maximum Gasteiger partial charge on any atom is 0.309 e. The first-order chi connectivity index (χ1) is 12.1. The van der Waals surface area contributed by atoms with Crippen molar-refractivity contribution in [2.45, 2.75) is 104 Å². The van der Waals surface area contributed by atoms with Crippen molar-refractivity contribution in [3.63, 3.8) is 0 Å². The van der Waals surface area contributed by atoms with Gasteiger partial charge in [-0.15, -0.1) is 0 Å². The molecule has 25 heavy (non-hydrogen) atoms. The number of carbonyl (C=O) groups is 2. The molecule has 0 aliphatic carbocycles. The number of esters is 1. The highest BCUT2D eigenvalue weighted by Gasteiger charge is 2.20. The molecule has 0 aliphatic rings. The van der Waals surface area contributed by atoms with E-state index in [1.54, 1.807) is 0 Å². The van der Waals surface area contributed by atoms with Crippen molar-refractivity contribution in [2.75, 3.05) is 7.11 Å². The molecule has 0 fully saturated rings. The molecule has 0 aromatic rings. The minimum absolute atomic E-state index is 0.0610. The van der Waals surface area contributed by atoms with Crippen LogP contribution in [-0.4, -0.2) is 18.9 Å². The quantitative estimate of drug-likeness (QED) is 0.173. The van der Waals surface area contributed by atoms with Crippen molar-refractivity contribution in [1.82, 2.24) is 0 Å². The second-order valence-electron chi connectivity index (χ2n) is 7.15. The molecular weight excluding hydrogens is 312 g/mol. The molecule has 0 aromatic carbocycles. The number of hydrogen-bond acceptors (Lipinski definition) is 3. The Morgan fingerprint density at radius 1 is 0.840 bits per heavy atom. The van der Waals surface area contributed by atoms with E-state index in [1.807, 2.05) is 0 Å². The Kier molecular flexibility index (Phi) is 16.9. The Hall–Kier alpha value is -1.12. The van der Waals surface area contributed by atoms with E-state index < -0.39 is 0 Å². The van der Waals surface area contributed by atoms with Gasteiger partial charge in [-0.25, -0.2) is 0 Å². The molecular formula is C22H40O3. The van der Waals surface area contributed by atoms with Crippen molar-refractivity contribution in [2.24, 2.45) is 5.92 Å². The standard InChI is InChI=1S/C22H40O3/c1-4-5-6-7-8-9-10-11-12-13-14-15-16-17-18-21(19-20(2)23)22(24)25-3/h11-12,21H,4-10,13-19H2,1-3H3. The molecule has 3 heteroatoms. The van der Waals surface area contributed by atoms with Crippen LogP contribution in [0.15, 0.2) is 12.2 Å². The summed E-state index contributed by atoms with van der Waals surface area (Å²) in [5.74, 6) is -0.432. The van der Waals surface area contributed by atoms with Gasteiger partial charge in [0.15, 0.2) is 0 Å². The maximum absolute atomic E-state index is 11.6. The van der Waals surface area contributed by atoms with Crippen LogP contribution in [-0.2, 0) is 14.3 Å². The van der Waals surface area contributed by atoms with Gasteiger partial charge < -0.3 is 9.53 Å². The molecule has 0 amide bonds. The lowest BCUT2D eigenvalue weighted by Crippen LogP contribution is -2.18. The summed E-state index contributed by atoms with van der Waals surface area (Å²) >= 11 is 0. The monoisotopic (exact) mass is 352 g/mol. The van der Waals surface area contributed by atoms with E-state index in [0.717, 1.165) is 25.7 Å². The van der Waals surface area contributed by atoms with Crippen molar-refractivity contribution < 1.29 is 14.3 Å². The van der Waals surface area contributed by atoms with Crippen LogP contribution in [0.4, 0.5) is 0 Å². The van der Waals surface area contributed by atoms with Crippen molar-refractivity contribution >= 4 is 11.8 Å². The highest BCUT2D eigenvalue weighted by Crippen LogP contribution is 2.17. The van der Waals surface area contributed by atoms with Crippen LogP contribution in [0.2, 0.25) is 0 Å². The van der Waals surface area contributed by atoms with Crippen molar-refractivity contribution in [3.05, 3.63) is 12.2 Å². The lowest BCUT2D eigenvalue weighted by atomic mass is 9.95. The second kappa shape index (κ2) is 17.7. The van der Waals surface area contributed by atoms with Crippen LogP contribution in [0, 0.1) is 5.92 Å². The number of allylic oxidation sites excluding steroid dienone is 2. The molecule has 0 N–H and O–H groups in total. The van der Waals surface area contributed by atoms with E-state index >= 15 is 0 Å². The summed E-state index contributed by atoms with van der Waals surface area (Å²) in [6, 6.07) is 0. The Bertz CT molecular complexity index is 360. The fourth-order valence-corrected chi connectivity index (χ4v) is 3.10. The third kappa shape index (κ3) is 16.1. The number of rotatable bonds is 17. The summed E-state index contributed by atoms with van der Waals surface area (Å²) < 4.78 is 4.78. The lowest BCUT2D eigenvalue weighted by molar-refractivity contribution is -0.147. The number of carbonyl (C=O) groups excluding carboxylic acids is 2. The van der Waals surface area contributed by atoms with E-state index in [4.69, 9.17) is 4.74 Å². The maximum atomic E-state index is 11.6. The normalized spacial score (nSPS) is 12.4. The summed E-state index contributed by atoms with van der Waals surface area (Å²) in [5, 5.41) is 0. The Labute approximate surface area is 155 Å². The average Bonchev–Trinajstić information content (AvgIpc) is 2.60. The second-order valence-corrected chi connectivity index (χ2v) is 7.15. The summed E-state index contributed by atoms with van der Waals surface area (Å²) in [4.78, 5) is 22.8. The number of ether oxygens (including phenoxy) is 1. The predicted octanol–water partition coefficient (Wildman–Crippen LogP) is 6.40. The van der Waals surface area contributed by atoms with Gasteiger partial charge in [-0.3, -0.25) is 4.79 Å². The van der Waals surface area contributed by atoms with Gasteiger partial charge in [0.2, 0.25) is 0 Å². The summed E-state index contributed by atoms with van der Waals surface area (Å²) in [5.41, 5.74) is 0. The zero-order chi connectivity index (χ0) is 18.8. The molecule has 0 aliphatic heterocycles. The fraction of sp³-hybridized carbons (Fsp3) is 0.818. The zero-order valence-corrected chi connectivity index (χ0v) is 16.9. The summed E-state index contributed by atoms with van der Waals surface area (Å²) in [7, 11) is 1.40. The van der Waals surface area contributed by atoms with E-state index in [-0.39, 0.29) is 17.7 Å². The van der Waals surface area contributed by atoms with Gasteiger partial charge in [0.05, 0.1) is 13.0 Å². The fourth-order valence-electron chi connectivity index (χ4n) is 3.10. The number of unbranched alkanes of at least 4 members (excludes halogenated alkanes) is 10. The molecule has 0 rings (SSSR count). The molecule has 1 atom stereocenters. The molecule has 0 bridgehead atoms. The smallest absolute Gasteiger partial charge is 0.309 e. The van der Waals surface area contributed by atoms with E-state index in [0.29, 0.717) is 6.42 Å². The lowest BCUT2D eigenvalue weighted by Gasteiger charge is -2.12. The minimum atomic E-state index is -0.250. The largest absolute Gasteiger partial charge is 0.469 e. The predicted molar refractivity (Wildman–Crippen MR) is 106 cm³/mol. The van der Waals surface area contributed by atoms with Gasteiger partial charge in [-0.2, -0.15) is 0 Å².